The topological polar surface area (TPSA) is 37.3 Å². The first-order valence-corrected chi connectivity index (χ1v) is 3.57. The highest BCUT2D eigenvalue weighted by molar-refractivity contribution is 5.69. The van der Waals surface area contributed by atoms with Crippen molar-refractivity contribution in [1.29, 1.82) is 0 Å². The first kappa shape index (κ1) is 7.51. The van der Waals surface area contributed by atoms with E-state index in [0.29, 0.717) is 25.7 Å². The number of carbonyl (C=O) groups is 1. The van der Waals surface area contributed by atoms with Crippen LogP contribution >= 0.6 is 0 Å². The highest BCUT2D eigenvalue weighted by Crippen LogP contribution is 2.25. The van der Waals surface area contributed by atoms with Gasteiger partial charge in [-0.3, -0.25) is 4.79 Å². The number of hydrogen-bond acceptors (Lipinski definition) is 1. The van der Waals surface area contributed by atoms with Gasteiger partial charge in [-0.25, -0.2) is 4.39 Å². The average molecular weight is 146 g/mol. The van der Waals surface area contributed by atoms with Crippen LogP contribution < -0.4 is 0 Å². The summed E-state index contributed by atoms with van der Waals surface area (Å²) in [5.74, 6) is -1.06. The molecule has 0 unspecified atom stereocenters. The molecule has 1 aliphatic rings. The van der Waals surface area contributed by atoms with Crippen LogP contribution in [-0.4, -0.2) is 17.2 Å². The van der Waals surface area contributed by atoms with E-state index in [4.69, 9.17) is 5.11 Å². The number of halogens is 1. The molecule has 3 heteroatoms. The molecule has 0 aliphatic heterocycles. The maximum Gasteiger partial charge on any atom is 0.306 e. The zero-order chi connectivity index (χ0) is 7.56. The van der Waals surface area contributed by atoms with Gasteiger partial charge in [0.1, 0.15) is 6.17 Å². The van der Waals surface area contributed by atoms with E-state index in [1.54, 1.807) is 0 Å². The first-order valence-electron chi connectivity index (χ1n) is 3.57. The number of carboxylic acid groups (broad SMARTS) is 1. The smallest absolute Gasteiger partial charge is 0.306 e. The van der Waals surface area contributed by atoms with Gasteiger partial charge in [0.25, 0.3) is 0 Å². The van der Waals surface area contributed by atoms with E-state index in [-0.39, 0.29) is 5.92 Å². The molecule has 58 valence electrons. The Kier molecular flexibility index (Phi) is 2.25. The van der Waals surface area contributed by atoms with E-state index in [0.717, 1.165) is 0 Å². The molecule has 0 atom stereocenters. The SMILES string of the molecule is O=C(O)C1CCC(F)CC1. The fraction of sp³-hybridized carbons (Fsp3) is 0.857. The lowest BCUT2D eigenvalue weighted by atomic mass is 9.88. The van der Waals surface area contributed by atoms with E-state index in [1.807, 2.05) is 0 Å². The third kappa shape index (κ3) is 1.69. The van der Waals surface area contributed by atoms with Gasteiger partial charge in [-0.05, 0) is 25.7 Å². The summed E-state index contributed by atoms with van der Waals surface area (Å²) in [6, 6.07) is 0. The Balaban J connectivity index is 2.33. The van der Waals surface area contributed by atoms with Crippen molar-refractivity contribution in [2.45, 2.75) is 31.9 Å². The predicted molar refractivity (Wildman–Crippen MR) is 34.5 cm³/mol. The van der Waals surface area contributed by atoms with Crippen molar-refractivity contribution in [1.82, 2.24) is 0 Å². The highest BCUT2D eigenvalue weighted by atomic mass is 19.1. The molecule has 0 bridgehead atoms. The predicted octanol–water partition coefficient (Wildman–Crippen LogP) is 1.60. The molecule has 0 radical (unpaired) electrons. The summed E-state index contributed by atoms with van der Waals surface area (Å²) in [4.78, 5) is 10.3. The van der Waals surface area contributed by atoms with Crippen molar-refractivity contribution in [3.8, 4) is 0 Å². The molecule has 1 N–H and O–H groups in total. The van der Waals surface area contributed by atoms with Crippen molar-refractivity contribution >= 4 is 5.97 Å². The van der Waals surface area contributed by atoms with Gasteiger partial charge in [0.15, 0.2) is 0 Å². The summed E-state index contributed by atoms with van der Waals surface area (Å²) in [6.45, 7) is 0. The zero-order valence-electron chi connectivity index (χ0n) is 5.72. The minimum atomic E-state index is -0.771. The Bertz CT molecular complexity index is 128. The van der Waals surface area contributed by atoms with Crippen LogP contribution in [0.1, 0.15) is 25.7 Å². The van der Waals surface area contributed by atoms with Crippen molar-refractivity contribution in [3.63, 3.8) is 0 Å². The molecule has 0 saturated heterocycles. The minimum absolute atomic E-state index is 0.285. The Morgan fingerprint density at radius 1 is 1.30 bits per heavy atom. The molecule has 0 aromatic rings. The van der Waals surface area contributed by atoms with Crippen LogP contribution in [0.4, 0.5) is 4.39 Å². The van der Waals surface area contributed by atoms with Crippen molar-refractivity contribution in [2.24, 2.45) is 5.92 Å². The fourth-order valence-electron chi connectivity index (χ4n) is 1.30. The zero-order valence-corrected chi connectivity index (χ0v) is 5.72. The van der Waals surface area contributed by atoms with Gasteiger partial charge in [-0.2, -0.15) is 0 Å². The summed E-state index contributed by atoms with van der Waals surface area (Å²) < 4.78 is 12.4. The monoisotopic (exact) mass is 146 g/mol. The van der Waals surface area contributed by atoms with Gasteiger partial charge in [0.05, 0.1) is 5.92 Å². The molecule has 2 nitrogen and oxygen atoms in total. The van der Waals surface area contributed by atoms with Gasteiger partial charge in [-0.1, -0.05) is 0 Å². The maximum atomic E-state index is 12.4. The van der Waals surface area contributed by atoms with E-state index in [2.05, 4.69) is 0 Å². The summed E-state index contributed by atoms with van der Waals surface area (Å²) in [5.41, 5.74) is 0. The molecule has 1 saturated carbocycles. The van der Waals surface area contributed by atoms with E-state index in [9.17, 15) is 9.18 Å². The quantitative estimate of drug-likeness (QED) is 0.610. The second kappa shape index (κ2) is 2.99. The summed E-state index contributed by atoms with van der Waals surface area (Å²) in [7, 11) is 0. The molecule has 1 fully saturated rings. The second-order valence-corrected chi connectivity index (χ2v) is 2.79. The molecular formula is C7H11FO2. The minimum Gasteiger partial charge on any atom is -0.481 e. The Labute approximate surface area is 59.0 Å². The van der Waals surface area contributed by atoms with Gasteiger partial charge >= 0.3 is 5.97 Å². The summed E-state index contributed by atoms with van der Waals surface area (Å²) in [6.07, 6.45) is 1.12. The number of carboxylic acids is 1. The molecule has 0 aromatic carbocycles. The van der Waals surface area contributed by atoms with Crippen LogP contribution in [0.3, 0.4) is 0 Å². The third-order valence-corrected chi connectivity index (χ3v) is 2.01. The van der Waals surface area contributed by atoms with Gasteiger partial charge in [0.2, 0.25) is 0 Å². The maximum absolute atomic E-state index is 12.4. The van der Waals surface area contributed by atoms with Gasteiger partial charge in [0, 0.05) is 0 Å². The summed E-state index contributed by atoms with van der Waals surface area (Å²) >= 11 is 0. The van der Waals surface area contributed by atoms with Crippen molar-refractivity contribution in [2.75, 3.05) is 0 Å². The Morgan fingerprint density at radius 2 is 1.80 bits per heavy atom. The molecule has 0 amide bonds. The average Bonchev–Trinajstić information content (AvgIpc) is 1.88. The number of alkyl halides is 1. The van der Waals surface area contributed by atoms with Crippen LogP contribution in [0.5, 0.6) is 0 Å². The van der Waals surface area contributed by atoms with Crippen LogP contribution in [0.2, 0.25) is 0 Å². The number of aliphatic carboxylic acids is 1. The van der Waals surface area contributed by atoms with Crippen LogP contribution in [0.15, 0.2) is 0 Å². The van der Waals surface area contributed by atoms with Crippen molar-refractivity contribution in [3.05, 3.63) is 0 Å². The molecule has 10 heavy (non-hydrogen) atoms. The molecule has 1 aliphatic carbocycles. The van der Waals surface area contributed by atoms with Crippen LogP contribution in [0.25, 0.3) is 0 Å². The number of rotatable bonds is 1. The second-order valence-electron chi connectivity index (χ2n) is 2.79. The standard InChI is InChI=1S/C7H11FO2/c8-6-3-1-5(2-4-6)7(9)10/h5-6H,1-4H2,(H,9,10). The lowest BCUT2D eigenvalue weighted by Gasteiger charge is -2.20. The van der Waals surface area contributed by atoms with Crippen LogP contribution in [-0.2, 0) is 4.79 Å². The van der Waals surface area contributed by atoms with E-state index in [1.165, 1.54) is 0 Å². The van der Waals surface area contributed by atoms with Crippen LogP contribution in [0, 0.1) is 5.92 Å². The van der Waals surface area contributed by atoms with Crippen molar-refractivity contribution < 1.29 is 14.3 Å². The summed E-state index contributed by atoms with van der Waals surface area (Å²) in [5, 5.41) is 8.50. The van der Waals surface area contributed by atoms with E-state index >= 15 is 0 Å². The highest BCUT2D eigenvalue weighted by Gasteiger charge is 2.25. The largest absolute Gasteiger partial charge is 0.481 e. The third-order valence-electron chi connectivity index (χ3n) is 2.01. The lowest BCUT2D eigenvalue weighted by Crippen LogP contribution is -2.21. The molecule has 0 heterocycles. The molecule has 0 spiro atoms. The normalized spacial score (nSPS) is 33.7. The first-order chi connectivity index (χ1) is 4.70. The fourth-order valence-corrected chi connectivity index (χ4v) is 1.30. The van der Waals surface area contributed by atoms with E-state index < -0.39 is 12.1 Å². The van der Waals surface area contributed by atoms with Gasteiger partial charge < -0.3 is 5.11 Å². The lowest BCUT2D eigenvalue weighted by molar-refractivity contribution is -0.143. The molecule has 0 aromatic heterocycles. The number of hydrogen-bond donors (Lipinski definition) is 1. The Morgan fingerprint density at radius 3 is 2.20 bits per heavy atom. The molecule has 1 rings (SSSR count). The Hall–Kier alpha value is -0.600. The van der Waals surface area contributed by atoms with Gasteiger partial charge in [-0.15, -0.1) is 0 Å². The molecular weight excluding hydrogens is 135 g/mol.